The van der Waals surface area contributed by atoms with Crippen molar-refractivity contribution in [2.75, 3.05) is 0 Å². The number of pyridine rings is 1. The van der Waals surface area contributed by atoms with Crippen molar-refractivity contribution < 1.29 is 9.84 Å². The van der Waals surface area contributed by atoms with E-state index in [2.05, 4.69) is 17.1 Å². The van der Waals surface area contributed by atoms with Gasteiger partial charge in [-0.15, -0.1) is 0 Å². The molecule has 19 heavy (non-hydrogen) atoms. The molecule has 98 valence electrons. The molecule has 0 bridgehead atoms. The topological polar surface area (TPSA) is 42.4 Å². The van der Waals surface area contributed by atoms with Gasteiger partial charge in [0.2, 0.25) is 5.88 Å². The van der Waals surface area contributed by atoms with Crippen LogP contribution in [0.15, 0.2) is 36.5 Å². The molecule has 0 saturated carbocycles. The number of nitrogens with zero attached hydrogens (tertiary/aromatic N) is 1. The third-order valence-electron chi connectivity index (χ3n) is 3.54. The van der Waals surface area contributed by atoms with E-state index >= 15 is 0 Å². The molecule has 0 saturated heterocycles. The van der Waals surface area contributed by atoms with Crippen molar-refractivity contribution in [1.82, 2.24) is 4.98 Å². The fourth-order valence-corrected chi connectivity index (χ4v) is 2.53. The fraction of sp³-hybridized carbons (Fsp3) is 0.312. The fourth-order valence-electron chi connectivity index (χ4n) is 2.53. The molecule has 3 nitrogen and oxygen atoms in total. The Bertz CT molecular complexity index is 593. The molecule has 2 aromatic rings. The molecule has 3 heteroatoms. The number of aliphatic hydroxyl groups is 1. The lowest BCUT2D eigenvalue weighted by molar-refractivity contribution is 0.194. The number of fused-ring (bicyclic) bond motifs is 1. The van der Waals surface area contributed by atoms with Crippen LogP contribution in [0, 0.1) is 0 Å². The lowest BCUT2D eigenvalue weighted by Crippen LogP contribution is -1.98. The van der Waals surface area contributed by atoms with E-state index in [0.29, 0.717) is 11.4 Å². The first-order chi connectivity index (χ1) is 9.24. The zero-order valence-electron chi connectivity index (χ0n) is 11.0. The van der Waals surface area contributed by atoms with Crippen LogP contribution in [0.1, 0.15) is 36.1 Å². The highest BCUT2D eigenvalue weighted by atomic mass is 16.5. The maximum atomic E-state index is 9.72. The zero-order chi connectivity index (χ0) is 13.2. The van der Waals surface area contributed by atoms with E-state index in [1.54, 1.807) is 19.2 Å². The van der Waals surface area contributed by atoms with Gasteiger partial charge in [-0.2, -0.15) is 0 Å². The molecule has 1 aliphatic rings. The molecule has 0 radical (unpaired) electrons. The third kappa shape index (κ3) is 2.47. The first-order valence-corrected chi connectivity index (χ1v) is 6.66. The van der Waals surface area contributed by atoms with E-state index in [9.17, 15) is 5.11 Å². The maximum Gasteiger partial charge on any atom is 0.225 e. The number of aryl methyl sites for hydroxylation is 2. The molecule has 0 aliphatic heterocycles. The summed E-state index contributed by atoms with van der Waals surface area (Å²) in [5, 5.41) is 9.72. The molecule has 1 atom stereocenters. The van der Waals surface area contributed by atoms with Gasteiger partial charge in [0.1, 0.15) is 5.75 Å². The molecule has 1 unspecified atom stereocenters. The van der Waals surface area contributed by atoms with E-state index in [-0.39, 0.29) is 0 Å². The smallest absolute Gasteiger partial charge is 0.225 e. The summed E-state index contributed by atoms with van der Waals surface area (Å²) in [6.07, 6.45) is 4.60. The summed E-state index contributed by atoms with van der Waals surface area (Å²) >= 11 is 0. The Morgan fingerprint density at radius 2 is 2.05 bits per heavy atom. The molecule has 1 aromatic heterocycles. The van der Waals surface area contributed by atoms with Crippen LogP contribution in [0.25, 0.3) is 0 Å². The van der Waals surface area contributed by atoms with Gasteiger partial charge in [-0.25, -0.2) is 4.98 Å². The lowest BCUT2D eigenvalue weighted by atomic mass is 10.1. The predicted octanol–water partition coefficient (Wildman–Crippen LogP) is 3.42. The first kappa shape index (κ1) is 12.2. The first-order valence-electron chi connectivity index (χ1n) is 6.66. The minimum absolute atomic E-state index is 0.482. The standard InChI is InChI=1S/C16H17NO2/c1-11(18)15-6-3-9-17-16(15)19-14-8-7-12-4-2-5-13(12)10-14/h3,6-11,18H,2,4-5H2,1H3. The number of hydrogen-bond donors (Lipinski definition) is 1. The van der Waals surface area contributed by atoms with Gasteiger partial charge in [-0.1, -0.05) is 6.07 Å². The molecule has 0 amide bonds. The van der Waals surface area contributed by atoms with E-state index < -0.39 is 6.10 Å². The molecule has 3 rings (SSSR count). The van der Waals surface area contributed by atoms with Crippen LogP contribution in [0.5, 0.6) is 11.6 Å². The number of benzene rings is 1. The Kier molecular flexibility index (Phi) is 3.22. The summed E-state index contributed by atoms with van der Waals surface area (Å²) in [6, 6.07) is 9.83. The highest BCUT2D eigenvalue weighted by Crippen LogP contribution is 2.31. The Morgan fingerprint density at radius 1 is 1.21 bits per heavy atom. The van der Waals surface area contributed by atoms with Gasteiger partial charge in [-0.3, -0.25) is 0 Å². The predicted molar refractivity (Wildman–Crippen MR) is 73.4 cm³/mol. The second-order valence-electron chi connectivity index (χ2n) is 4.96. The van der Waals surface area contributed by atoms with Crippen molar-refractivity contribution in [1.29, 1.82) is 0 Å². The minimum atomic E-state index is -0.585. The van der Waals surface area contributed by atoms with Gasteiger partial charge >= 0.3 is 0 Å². The molecular formula is C16H17NO2. The Morgan fingerprint density at radius 3 is 2.89 bits per heavy atom. The molecule has 0 spiro atoms. The van der Waals surface area contributed by atoms with Crippen LogP contribution in [0.3, 0.4) is 0 Å². The summed E-state index contributed by atoms with van der Waals surface area (Å²) in [5.74, 6) is 1.27. The van der Waals surface area contributed by atoms with Gasteiger partial charge in [-0.05, 0) is 61.6 Å². The molecule has 1 heterocycles. The Labute approximate surface area is 112 Å². The van der Waals surface area contributed by atoms with Gasteiger partial charge in [0.05, 0.1) is 6.10 Å². The van der Waals surface area contributed by atoms with E-state index in [0.717, 1.165) is 18.6 Å². The molecule has 1 aromatic carbocycles. The average molecular weight is 255 g/mol. The van der Waals surface area contributed by atoms with Crippen molar-refractivity contribution in [2.24, 2.45) is 0 Å². The Balaban J connectivity index is 1.89. The molecular weight excluding hydrogens is 238 g/mol. The summed E-state index contributed by atoms with van der Waals surface area (Å²) in [4.78, 5) is 4.21. The molecule has 1 N–H and O–H groups in total. The van der Waals surface area contributed by atoms with Gasteiger partial charge in [0, 0.05) is 11.8 Å². The SMILES string of the molecule is CC(O)c1cccnc1Oc1ccc2c(c1)CCC2. The van der Waals surface area contributed by atoms with Gasteiger partial charge < -0.3 is 9.84 Å². The van der Waals surface area contributed by atoms with E-state index in [4.69, 9.17) is 4.74 Å². The van der Waals surface area contributed by atoms with Crippen LogP contribution in [0.4, 0.5) is 0 Å². The summed E-state index contributed by atoms with van der Waals surface area (Å²) < 4.78 is 5.82. The second-order valence-corrected chi connectivity index (χ2v) is 4.96. The van der Waals surface area contributed by atoms with E-state index in [1.165, 1.54) is 17.5 Å². The van der Waals surface area contributed by atoms with Crippen LogP contribution in [-0.2, 0) is 12.8 Å². The van der Waals surface area contributed by atoms with Crippen LogP contribution >= 0.6 is 0 Å². The van der Waals surface area contributed by atoms with Crippen molar-refractivity contribution in [2.45, 2.75) is 32.3 Å². The van der Waals surface area contributed by atoms with Crippen LogP contribution in [-0.4, -0.2) is 10.1 Å². The maximum absolute atomic E-state index is 9.72. The number of aliphatic hydroxyl groups excluding tert-OH is 1. The van der Waals surface area contributed by atoms with Crippen molar-refractivity contribution in [3.63, 3.8) is 0 Å². The van der Waals surface area contributed by atoms with Crippen molar-refractivity contribution >= 4 is 0 Å². The highest BCUT2D eigenvalue weighted by molar-refractivity contribution is 5.41. The number of hydrogen-bond acceptors (Lipinski definition) is 3. The average Bonchev–Trinajstić information content (AvgIpc) is 2.86. The van der Waals surface area contributed by atoms with Gasteiger partial charge in [0.15, 0.2) is 0 Å². The second kappa shape index (κ2) is 5.02. The monoisotopic (exact) mass is 255 g/mol. The number of aromatic nitrogens is 1. The van der Waals surface area contributed by atoms with E-state index in [1.807, 2.05) is 12.1 Å². The van der Waals surface area contributed by atoms with Crippen LogP contribution < -0.4 is 4.74 Å². The minimum Gasteiger partial charge on any atom is -0.439 e. The summed E-state index contributed by atoms with van der Waals surface area (Å²) in [7, 11) is 0. The largest absolute Gasteiger partial charge is 0.439 e. The molecule has 0 fully saturated rings. The highest BCUT2D eigenvalue weighted by Gasteiger charge is 2.14. The van der Waals surface area contributed by atoms with Crippen molar-refractivity contribution in [3.05, 3.63) is 53.2 Å². The third-order valence-corrected chi connectivity index (χ3v) is 3.54. The van der Waals surface area contributed by atoms with Gasteiger partial charge in [0.25, 0.3) is 0 Å². The zero-order valence-corrected chi connectivity index (χ0v) is 11.0. The lowest BCUT2D eigenvalue weighted by Gasteiger charge is -2.12. The normalized spacial score (nSPS) is 15.1. The van der Waals surface area contributed by atoms with Crippen LogP contribution in [0.2, 0.25) is 0 Å². The molecule has 1 aliphatic carbocycles. The summed E-state index contributed by atoms with van der Waals surface area (Å²) in [5.41, 5.74) is 3.50. The Hall–Kier alpha value is -1.87. The van der Waals surface area contributed by atoms with Crippen molar-refractivity contribution in [3.8, 4) is 11.6 Å². The number of rotatable bonds is 3. The summed E-state index contributed by atoms with van der Waals surface area (Å²) in [6.45, 7) is 1.71. The quantitative estimate of drug-likeness (QED) is 0.913. The number of ether oxygens (including phenoxy) is 1.